The van der Waals surface area contributed by atoms with E-state index >= 15 is 0 Å². The lowest BCUT2D eigenvalue weighted by Gasteiger charge is -2.19. The van der Waals surface area contributed by atoms with Crippen molar-refractivity contribution in [3.8, 4) is 0 Å². The van der Waals surface area contributed by atoms with Crippen LogP contribution in [0, 0.1) is 5.82 Å². The van der Waals surface area contributed by atoms with Gasteiger partial charge in [-0.2, -0.15) is 0 Å². The van der Waals surface area contributed by atoms with Crippen LogP contribution in [0.4, 0.5) is 9.18 Å². The summed E-state index contributed by atoms with van der Waals surface area (Å²) in [5.74, 6) is -0.268. The van der Waals surface area contributed by atoms with Crippen LogP contribution in [0.15, 0.2) is 24.3 Å². The van der Waals surface area contributed by atoms with Gasteiger partial charge in [0.1, 0.15) is 11.4 Å². The maximum absolute atomic E-state index is 12.7. The molecule has 1 N–H and O–H groups in total. The quantitative estimate of drug-likeness (QED) is 0.836. The molecule has 0 radical (unpaired) electrons. The summed E-state index contributed by atoms with van der Waals surface area (Å²) in [5.41, 5.74) is 0.387. The molecule has 0 fully saturated rings. The lowest BCUT2D eigenvalue weighted by Crippen LogP contribution is -2.34. The fourth-order valence-electron chi connectivity index (χ4n) is 1.31. The van der Waals surface area contributed by atoms with Crippen LogP contribution in [0.2, 0.25) is 0 Å². The number of nitrogens with one attached hydrogen (secondary N) is 1. The van der Waals surface area contributed by atoms with Crippen molar-refractivity contribution in [2.75, 3.05) is 13.2 Å². The zero-order valence-electron chi connectivity index (χ0n) is 11.5. The first-order chi connectivity index (χ1) is 8.87. The van der Waals surface area contributed by atoms with Gasteiger partial charge in [-0.25, -0.2) is 9.18 Å². The summed E-state index contributed by atoms with van der Waals surface area (Å²) < 4.78 is 23.1. The van der Waals surface area contributed by atoms with Gasteiger partial charge in [0.15, 0.2) is 0 Å². The summed E-state index contributed by atoms with van der Waals surface area (Å²) in [6, 6.07) is 6.10. The van der Waals surface area contributed by atoms with E-state index in [-0.39, 0.29) is 5.82 Å². The number of amides is 1. The Bertz CT molecular complexity index is 398. The van der Waals surface area contributed by atoms with E-state index < -0.39 is 11.7 Å². The van der Waals surface area contributed by atoms with Crippen LogP contribution in [0.1, 0.15) is 26.3 Å². The van der Waals surface area contributed by atoms with Crippen LogP contribution in [0.25, 0.3) is 0 Å². The molecule has 0 aliphatic heterocycles. The molecule has 1 rings (SSSR count). The molecule has 106 valence electrons. The molecule has 0 heterocycles. The smallest absolute Gasteiger partial charge is 0.407 e. The van der Waals surface area contributed by atoms with Crippen molar-refractivity contribution < 1.29 is 18.7 Å². The largest absolute Gasteiger partial charge is 0.444 e. The van der Waals surface area contributed by atoms with Gasteiger partial charge in [0.25, 0.3) is 0 Å². The van der Waals surface area contributed by atoms with Gasteiger partial charge in [-0.1, -0.05) is 12.1 Å². The molecule has 0 aliphatic carbocycles. The summed E-state index contributed by atoms with van der Waals surface area (Å²) in [5, 5.41) is 2.59. The first-order valence-electron chi connectivity index (χ1n) is 6.16. The van der Waals surface area contributed by atoms with Crippen LogP contribution in [0.5, 0.6) is 0 Å². The number of rotatable bonds is 5. The third kappa shape index (κ3) is 7.41. The van der Waals surface area contributed by atoms with Gasteiger partial charge in [0.2, 0.25) is 0 Å². The topological polar surface area (TPSA) is 47.6 Å². The van der Waals surface area contributed by atoms with Gasteiger partial charge in [-0.05, 0) is 38.5 Å². The standard InChI is InChI=1S/C14H20FNO3/c1-14(2,3)19-13(17)16-8-9-18-10-11-4-6-12(15)7-5-11/h4-7H,8-10H2,1-3H3,(H,16,17). The summed E-state index contributed by atoms with van der Waals surface area (Å²) >= 11 is 0. The van der Waals surface area contributed by atoms with Crippen molar-refractivity contribution in [2.45, 2.75) is 33.0 Å². The first kappa shape index (κ1) is 15.4. The number of hydrogen-bond acceptors (Lipinski definition) is 3. The van der Waals surface area contributed by atoms with E-state index in [1.54, 1.807) is 32.9 Å². The molecule has 0 saturated carbocycles. The summed E-state index contributed by atoms with van der Waals surface area (Å²) in [7, 11) is 0. The average Bonchev–Trinajstić information content (AvgIpc) is 2.29. The summed E-state index contributed by atoms with van der Waals surface area (Å²) in [6.45, 7) is 6.54. The molecule has 0 spiro atoms. The SMILES string of the molecule is CC(C)(C)OC(=O)NCCOCc1ccc(F)cc1. The maximum atomic E-state index is 12.7. The molecular formula is C14H20FNO3. The molecule has 0 saturated heterocycles. The molecule has 0 bridgehead atoms. The van der Waals surface area contributed by atoms with E-state index in [4.69, 9.17) is 9.47 Å². The molecule has 0 aromatic heterocycles. The Balaban J connectivity index is 2.11. The predicted octanol–water partition coefficient (Wildman–Crippen LogP) is 2.87. The van der Waals surface area contributed by atoms with E-state index in [9.17, 15) is 9.18 Å². The Morgan fingerprint density at radius 3 is 2.47 bits per heavy atom. The fraction of sp³-hybridized carbons (Fsp3) is 0.500. The molecule has 19 heavy (non-hydrogen) atoms. The molecular weight excluding hydrogens is 249 g/mol. The lowest BCUT2D eigenvalue weighted by molar-refractivity contribution is 0.0494. The molecule has 1 amide bonds. The Morgan fingerprint density at radius 1 is 1.26 bits per heavy atom. The van der Waals surface area contributed by atoms with Gasteiger partial charge in [-0.3, -0.25) is 0 Å². The molecule has 1 aromatic rings. The number of halogens is 1. The lowest BCUT2D eigenvalue weighted by atomic mass is 10.2. The van der Waals surface area contributed by atoms with Gasteiger partial charge in [-0.15, -0.1) is 0 Å². The third-order valence-corrected chi connectivity index (χ3v) is 2.10. The highest BCUT2D eigenvalue weighted by molar-refractivity contribution is 5.67. The molecule has 1 aromatic carbocycles. The molecule has 0 atom stereocenters. The fourth-order valence-corrected chi connectivity index (χ4v) is 1.31. The number of ether oxygens (including phenoxy) is 2. The summed E-state index contributed by atoms with van der Waals surface area (Å²) in [6.07, 6.45) is -0.460. The molecule has 0 unspecified atom stereocenters. The van der Waals surface area contributed by atoms with Crippen molar-refractivity contribution in [1.82, 2.24) is 5.32 Å². The highest BCUT2D eigenvalue weighted by Crippen LogP contribution is 2.06. The number of carbonyl (C=O) groups excluding carboxylic acids is 1. The minimum Gasteiger partial charge on any atom is -0.444 e. The highest BCUT2D eigenvalue weighted by Gasteiger charge is 2.15. The number of benzene rings is 1. The van der Waals surface area contributed by atoms with E-state index in [1.165, 1.54) is 12.1 Å². The number of hydrogen-bond donors (Lipinski definition) is 1. The summed E-state index contributed by atoms with van der Waals surface area (Å²) in [4.78, 5) is 11.3. The van der Waals surface area contributed by atoms with E-state index in [0.29, 0.717) is 19.8 Å². The van der Waals surface area contributed by atoms with Crippen LogP contribution in [-0.4, -0.2) is 24.8 Å². The Labute approximate surface area is 112 Å². The van der Waals surface area contributed by atoms with Crippen molar-refractivity contribution in [2.24, 2.45) is 0 Å². The Hall–Kier alpha value is -1.62. The molecule has 0 aliphatic rings. The second-order valence-electron chi connectivity index (χ2n) is 5.11. The van der Waals surface area contributed by atoms with E-state index in [1.807, 2.05) is 0 Å². The zero-order chi connectivity index (χ0) is 14.3. The van der Waals surface area contributed by atoms with E-state index in [2.05, 4.69) is 5.32 Å². The van der Waals surface area contributed by atoms with Gasteiger partial charge < -0.3 is 14.8 Å². The van der Waals surface area contributed by atoms with E-state index in [0.717, 1.165) is 5.56 Å². The first-order valence-corrected chi connectivity index (χ1v) is 6.16. The highest BCUT2D eigenvalue weighted by atomic mass is 19.1. The van der Waals surface area contributed by atoms with Crippen molar-refractivity contribution in [3.63, 3.8) is 0 Å². The molecule has 5 heteroatoms. The minimum atomic E-state index is -0.501. The Morgan fingerprint density at radius 2 is 1.89 bits per heavy atom. The zero-order valence-corrected chi connectivity index (χ0v) is 11.5. The monoisotopic (exact) mass is 269 g/mol. The van der Waals surface area contributed by atoms with Gasteiger partial charge in [0, 0.05) is 6.54 Å². The van der Waals surface area contributed by atoms with Crippen LogP contribution in [0.3, 0.4) is 0 Å². The van der Waals surface area contributed by atoms with Crippen LogP contribution >= 0.6 is 0 Å². The second kappa shape index (κ2) is 7.09. The normalized spacial score (nSPS) is 11.2. The average molecular weight is 269 g/mol. The predicted molar refractivity (Wildman–Crippen MR) is 70.3 cm³/mol. The van der Waals surface area contributed by atoms with Gasteiger partial charge >= 0.3 is 6.09 Å². The Kier molecular flexibility index (Phi) is 5.76. The van der Waals surface area contributed by atoms with Crippen molar-refractivity contribution >= 4 is 6.09 Å². The van der Waals surface area contributed by atoms with Gasteiger partial charge in [0.05, 0.1) is 13.2 Å². The van der Waals surface area contributed by atoms with Crippen LogP contribution in [-0.2, 0) is 16.1 Å². The molecule has 4 nitrogen and oxygen atoms in total. The minimum absolute atomic E-state index is 0.268. The van der Waals surface area contributed by atoms with Crippen molar-refractivity contribution in [3.05, 3.63) is 35.6 Å². The third-order valence-electron chi connectivity index (χ3n) is 2.10. The maximum Gasteiger partial charge on any atom is 0.407 e. The number of alkyl carbamates (subject to hydrolysis) is 1. The number of carbonyl (C=O) groups is 1. The second-order valence-corrected chi connectivity index (χ2v) is 5.11. The van der Waals surface area contributed by atoms with Crippen LogP contribution < -0.4 is 5.32 Å². The van der Waals surface area contributed by atoms with Crippen molar-refractivity contribution in [1.29, 1.82) is 0 Å².